The Bertz CT molecular complexity index is 1770. The van der Waals surface area contributed by atoms with Crippen LogP contribution in [0.15, 0.2) is 56.4 Å². The Morgan fingerprint density at radius 2 is 1.86 bits per heavy atom. The molecule has 10 heteroatoms. The molecule has 0 radical (unpaired) electrons. The van der Waals surface area contributed by atoms with Crippen LogP contribution in [-0.4, -0.2) is 33.8 Å². The van der Waals surface area contributed by atoms with E-state index in [-0.39, 0.29) is 5.41 Å². The number of fused-ring (bicyclic) bond motifs is 6. The molecule has 0 amide bonds. The van der Waals surface area contributed by atoms with Gasteiger partial charge >= 0.3 is 5.63 Å². The van der Waals surface area contributed by atoms with Gasteiger partial charge in [0.2, 0.25) is 5.88 Å². The molecule has 0 bridgehead atoms. The Balaban J connectivity index is 1.73. The highest BCUT2D eigenvalue weighted by atomic mass is 79.9. The van der Waals surface area contributed by atoms with Crippen molar-refractivity contribution in [1.82, 2.24) is 19.6 Å². The van der Waals surface area contributed by atoms with Crippen LogP contribution in [0, 0.1) is 0 Å². The lowest BCUT2D eigenvalue weighted by molar-refractivity contribution is 0.352. The monoisotopic (exact) mass is 562 g/mol. The lowest BCUT2D eigenvalue weighted by Gasteiger charge is -2.28. The minimum atomic E-state index is -0.635. The first-order valence-corrected chi connectivity index (χ1v) is 12.4. The minimum Gasteiger partial charge on any atom is -0.493 e. The van der Waals surface area contributed by atoms with E-state index in [4.69, 9.17) is 23.6 Å². The number of para-hydroxylation sites is 1. The molecular formula is C27H23BrN4O5. The van der Waals surface area contributed by atoms with Crippen LogP contribution < -0.4 is 19.8 Å². The van der Waals surface area contributed by atoms with Gasteiger partial charge < -0.3 is 18.6 Å². The molecule has 0 aliphatic carbocycles. The third-order valence-corrected chi connectivity index (χ3v) is 7.01. The van der Waals surface area contributed by atoms with Gasteiger partial charge in [-0.25, -0.2) is 19.3 Å². The molecular weight excluding hydrogens is 540 g/mol. The standard InChI is InChI=1S/C27H23BrN4O5/c1-27(2,3)26-30-23-20-18(13-10-15(28)22(35-5)17(11-13)34-4)19-21(37-24(20)29-12-32(23)31-26)14-8-6-7-9-16(14)36-25(19)33/h6-12,18H,1-5H3. The Hall–Kier alpha value is -3.92. The second kappa shape index (κ2) is 8.31. The van der Waals surface area contributed by atoms with E-state index >= 15 is 0 Å². The van der Waals surface area contributed by atoms with E-state index in [1.165, 1.54) is 0 Å². The highest BCUT2D eigenvalue weighted by Gasteiger charge is 2.38. The second-order valence-electron chi connectivity index (χ2n) is 9.82. The summed E-state index contributed by atoms with van der Waals surface area (Å²) >= 11 is 3.60. The van der Waals surface area contributed by atoms with Crippen LogP contribution in [0.4, 0.5) is 0 Å². The molecule has 3 aromatic heterocycles. The summed E-state index contributed by atoms with van der Waals surface area (Å²) in [4.78, 5) is 23.0. The largest absolute Gasteiger partial charge is 0.493 e. The van der Waals surface area contributed by atoms with Gasteiger partial charge in [0, 0.05) is 5.41 Å². The van der Waals surface area contributed by atoms with Gasteiger partial charge in [-0.15, -0.1) is 5.10 Å². The van der Waals surface area contributed by atoms with Crippen LogP contribution in [0.25, 0.3) is 16.6 Å². The molecule has 1 unspecified atom stereocenters. The zero-order valence-corrected chi connectivity index (χ0v) is 22.4. The third-order valence-electron chi connectivity index (χ3n) is 6.42. The summed E-state index contributed by atoms with van der Waals surface area (Å²) in [6.45, 7) is 6.12. The second-order valence-corrected chi connectivity index (χ2v) is 10.7. The fourth-order valence-corrected chi connectivity index (χ4v) is 5.31. The quantitative estimate of drug-likeness (QED) is 0.257. The third kappa shape index (κ3) is 3.58. The Labute approximate surface area is 220 Å². The predicted octanol–water partition coefficient (Wildman–Crippen LogP) is 5.59. The van der Waals surface area contributed by atoms with Crippen molar-refractivity contribution in [2.45, 2.75) is 32.1 Å². The predicted molar refractivity (Wildman–Crippen MR) is 140 cm³/mol. The van der Waals surface area contributed by atoms with E-state index in [0.717, 1.165) is 5.56 Å². The van der Waals surface area contributed by atoms with Gasteiger partial charge in [-0.2, -0.15) is 0 Å². The fraction of sp³-hybridized carbons (Fsp3) is 0.259. The SMILES string of the molecule is COc1cc(C2c3c(c4ccccc4oc3=O)Oc3ncn4nc(C(C)(C)C)nc4c32)cc(Br)c1OC. The summed E-state index contributed by atoms with van der Waals surface area (Å²) in [5, 5.41) is 5.33. The molecule has 4 heterocycles. The maximum Gasteiger partial charge on any atom is 0.344 e. The van der Waals surface area contributed by atoms with Crippen LogP contribution in [0.3, 0.4) is 0 Å². The molecule has 0 fully saturated rings. The van der Waals surface area contributed by atoms with Crippen LogP contribution in [0.1, 0.15) is 49.2 Å². The van der Waals surface area contributed by atoms with E-state index in [9.17, 15) is 4.79 Å². The number of hydrogen-bond acceptors (Lipinski definition) is 8. The molecule has 9 nitrogen and oxygen atoms in total. The van der Waals surface area contributed by atoms with Gasteiger partial charge in [0.25, 0.3) is 0 Å². The molecule has 5 aromatic rings. The summed E-state index contributed by atoms with van der Waals surface area (Å²) in [5.41, 5.74) is 1.87. The molecule has 6 rings (SSSR count). The van der Waals surface area contributed by atoms with Crippen LogP contribution in [-0.2, 0) is 5.41 Å². The minimum absolute atomic E-state index is 0.302. The lowest BCUT2D eigenvalue weighted by atomic mass is 9.84. The number of nitrogens with zero attached hydrogens (tertiary/aromatic N) is 4. The van der Waals surface area contributed by atoms with Crippen LogP contribution in [0.2, 0.25) is 0 Å². The molecule has 188 valence electrons. The van der Waals surface area contributed by atoms with Crippen molar-refractivity contribution >= 4 is 32.5 Å². The number of methoxy groups -OCH3 is 2. The maximum absolute atomic E-state index is 13.6. The first-order valence-electron chi connectivity index (χ1n) is 11.6. The Kier molecular flexibility index (Phi) is 5.27. The van der Waals surface area contributed by atoms with Gasteiger partial charge in [-0.05, 0) is 45.8 Å². The fourth-order valence-electron chi connectivity index (χ4n) is 4.69. The number of ether oxygens (including phenoxy) is 3. The number of rotatable bonds is 3. The normalized spacial score (nSPS) is 14.8. The number of aromatic nitrogens is 4. The van der Waals surface area contributed by atoms with Crippen molar-refractivity contribution in [1.29, 1.82) is 0 Å². The van der Waals surface area contributed by atoms with Crippen LogP contribution in [0.5, 0.6) is 23.1 Å². The van der Waals surface area contributed by atoms with E-state index in [1.807, 2.05) is 51.1 Å². The number of benzene rings is 2. The summed E-state index contributed by atoms with van der Waals surface area (Å²) in [7, 11) is 3.13. The van der Waals surface area contributed by atoms with Crippen molar-refractivity contribution in [3.8, 4) is 23.1 Å². The van der Waals surface area contributed by atoms with Crippen molar-refractivity contribution in [3.63, 3.8) is 0 Å². The molecule has 0 spiro atoms. The summed E-state index contributed by atoms with van der Waals surface area (Å²) in [5.74, 6) is 1.80. The average molecular weight is 563 g/mol. The van der Waals surface area contributed by atoms with Gasteiger partial charge in [0.05, 0.1) is 41.1 Å². The lowest BCUT2D eigenvalue weighted by Crippen LogP contribution is -2.22. The van der Waals surface area contributed by atoms with Crippen molar-refractivity contribution in [2.24, 2.45) is 0 Å². The van der Waals surface area contributed by atoms with Gasteiger partial charge in [-0.3, -0.25) is 0 Å². The first-order chi connectivity index (χ1) is 17.7. The Morgan fingerprint density at radius 1 is 1.08 bits per heavy atom. The van der Waals surface area contributed by atoms with Crippen molar-refractivity contribution in [3.05, 3.63) is 80.1 Å². The van der Waals surface area contributed by atoms with E-state index in [1.54, 1.807) is 31.1 Å². The zero-order chi connectivity index (χ0) is 26.1. The molecule has 1 aliphatic rings. The average Bonchev–Trinajstić information content (AvgIpc) is 3.32. The molecule has 0 saturated carbocycles. The zero-order valence-electron chi connectivity index (χ0n) is 20.8. The van der Waals surface area contributed by atoms with Gasteiger partial charge in [0.15, 0.2) is 28.7 Å². The van der Waals surface area contributed by atoms with Crippen LogP contribution >= 0.6 is 15.9 Å². The molecule has 0 saturated heterocycles. The van der Waals surface area contributed by atoms with E-state index in [0.29, 0.717) is 61.2 Å². The maximum atomic E-state index is 13.6. The molecule has 37 heavy (non-hydrogen) atoms. The molecule has 0 N–H and O–H groups in total. The molecule has 2 aromatic carbocycles. The van der Waals surface area contributed by atoms with E-state index in [2.05, 4.69) is 26.0 Å². The summed E-state index contributed by atoms with van der Waals surface area (Å²) < 4.78 is 25.5. The summed E-state index contributed by atoms with van der Waals surface area (Å²) in [6.07, 6.45) is 1.58. The highest BCUT2D eigenvalue weighted by Crippen LogP contribution is 2.50. The Morgan fingerprint density at radius 3 is 2.59 bits per heavy atom. The van der Waals surface area contributed by atoms with Gasteiger partial charge in [0.1, 0.15) is 11.9 Å². The van der Waals surface area contributed by atoms with Gasteiger partial charge in [-0.1, -0.05) is 32.9 Å². The smallest absolute Gasteiger partial charge is 0.344 e. The first kappa shape index (κ1) is 23.5. The van der Waals surface area contributed by atoms with E-state index < -0.39 is 11.5 Å². The van der Waals surface area contributed by atoms with Crippen molar-refractivity contribution in [2.75, 3.05) is 14.2 Å². The topological polar surface area (TPSA) is 101 Å². The number of hydrogen-bond donors (Lipinski definition) is 0. The molecule has 1 aliphatic heterocycles. The summed E-state index contributed by atoms with van der Waals surface area (Å²) in [6, 6.07) is 11.0. The molecule has 1 atom stereocenters. The highest BCUT2D eigenvalue weighted by molar-refractivity contribution is 9.10. The number of halogens is 1. The van der Waals surface area contributed by atoms with Crippen molar-refractivity contribution < 1.29 is 18.6 Å².